The van der Waals surface area contributed by atoms with Crippen LogP contribution < -0.4 is 10.5 Å². The van der Waals surface area contributed by atoms with E-state index < -0.39 is 20.8 Å². The maximum atomic E-state index is 11.5. The predicted octanol–water partition coefficient (Wildman–Crippen LogP) is 6.51. The van der Waals surface area contributed by atoms with Crippen molar-refractivity contribution in [2.75, 3.05) is 5.73 Å². The van der Waals surface area contributed by atoms with Gasteiger partial charge in [0.25, 0.3) is 10.1 Å². The number of nitrogen functional groups attached to an aromatic ring is 1. The number of benzene rings is 4. The van der Waals surface area contributed by atoms with Crippen LogP contribution in [0.25, 0.3) is 10.8 Å². The molecular weight excluding hydrogens is 512 g/mol. The summed E-state index contributed by atoms with van der Waals surface area (Å²) in [6.45, 7) is 0. The first-order chi connectivity index (χ1) is 15.6. The summed E-state index contributed by atoms with van der Waals surface area (Å²) >= 11 is 12.3. The molecule has 0 fully saturated rings. The fraction of sp³-hybridized carbons (Fsp3) is 0. The third kappa shape index (κ3) is 5.64. The summed E-state index contributed by atoms with van der Waals surface area (Å²) in [5, 5.41) is 20.0. The number of phenolic OH excluding ortho intramolecular Hbond substituents is 1. The van der Waals surface area contributed by atoms with Gasteiger partial charge in [0, 0.05) is 40.6 Å². The summed E-state index contributed by atoms with van der Waals surface area (Å²) in [5.41, 5.74) is 6.58. The van der Waals surface area contributed by atoms with Gasteiger partial charge in [0.15, 0.2) is 5.75 Å². The first-order valence-corrected chi connectivity index (χ1v) is 11.5. The van der Waals surface area contributed by atoms with Crippen molar-refractivity contribution in [2.24, 2.45) is 10.2 Å². The van der Waals surface area contributed by atoms with Crippen molar-refractivity contribution in [2.45, 2.75) is 4.90 Å². The van der Waals surface area contributed by atoms with Gasteiger partial charge in [-0.1, -0.05) is 41.4 Å². The van der Waals surface area contributed by atoms with E-state index in [4.69, 9.17) is 33.7 Å². The number of nitrogens with two attached hydrogens (primary N) is 1. The SMILES string of the molecule is Nc1ccc2cc(S(=O)(=O)O)cc(O)c2c1N=Nc1cc(Cl)ccc1Oc1ccccc1Cl.[Na]. The van der Waals surface area contributed by atoms with Crippen LogP contribution in [0.4, 0.5) is 17.1 Å². The number of hydrogen-bond acceptors (Lipinski definition) is 7. The molecule has 0 saturated heterocycles. The molecule has 0 aliphatic rings. The quantitative estimate of drug-likeness (QED) is 0.117. The van der Waals surface area contributed by atoms with Crippen LogP contribution >= 0.6 is 23.2 Å². The van der Waals surface area contributed by atoms with E-state index in [2.05, 4.69) is 10.2 Å². The molecule has 1 radical (unpaired) electrons. The molecule has 0 spiro atoms. The van der Waals surface area contributed by atoms with Gasteiger partial charge in [0.2, 0.25) is 0 Å². The Morgan fingerprint density at radius 1 is 0.912 bits per heavy atom. The summed E-state index contributed by atoms with van der Waals surface area (Å²) in [6.07, 6.45) is 0. The van der Waals surface area contributed by atoms with Crippen LogP contribution in [0.5, 0.6) is 17.2 Å². The first kappa shape index (κ1) is 26.2. The minimum absolute atomic E-state index is 0. The number of fused-ring (bicyclic) bond motifs is 1. The molecule has 0 atom stereocenters. The number of para-hydroxylation sites is 1. The summed E-state index contributed by atoms with van der Waals surface area (Å²) in [7, 11) is -4.53. The molecule has 34 heavy (non-hydrogen) atoms. The Labute approximate surface area is 227 Å². The third-order valence-corrected chi connectivity index (χ3v) is 5.99. The standard InChI is InChI=1S/C22H15Cl2N3O5S.Na/c23-13-6-8-20(32-19-4-2-1-3-15(19)24)17(10-13)26-27-22-16(25)7-5-12-9-14(33(29,30)31)11-18(28)21(12)22;/h1-11,28H,25H2,(H,29,30,31);. The topological polar surface area (TPSA) is 135 Å². The number of halogens is 2. The van der Waals surface area contributed by atoms with Gasteiger partial charge in [-0.25, -0.2) is 0 Å². The Hall–Kier alpha value is -2.37. The van der Waals surface area contributed by atoms with Crippen molar-refractivity contribution in [3.05, 3.63) is 76.8 Å². The molecule has 0 aromatic heterocycles. The van der Waals surface area contributed by atoms with Crippen molar-refractivity contribution in [1.82, 2.24) is 0 Å². The summed E-state index contributed by atoms with van der Waals surface area (Å²) in [4.78, 5) is -0.467. The first-order valence-electron chi connectivity index (χ1n) is 9.30. The molecule has 0 heterocycles. The van der Waals surface area contributed by atoms with Gasteiger partial charge in [-0.2, -0.15) is 8.42 Å². The van der Waals surface area contributed by atoms with Crippen LogP contribution in [-0.4, -0.2) is 47.6 Å². The van der Waals surface area contributed by atoms with Crippen LogP contribution in [0.1, 0.15) is 0 Å². The summed E-state index contributed by atoms with van der Waals surface area (Å²) in [6, 6.07) is 16.7. The molecule has 8 nitrogen and oxygen atoms in total. The molecule has 4 aromatic rings. The molecule has 4 aromatic carbocycles. The van der Waals surface area contributed by atoms with E-state index in [9.17, 15) is 18.1 Å². The van der Waals surface area contributed by atoms with Crippen LogP contribution in [-0.2, 0) is 10.1 Å². The van der Waals surface area contributed by atoms with Gasteiger partial charge >= 0.3 is 0 Å². The van der Waals surface area contributed by atoms with E-state index in [1.165, 1.54) is 24.3 Å². The molecule has 4 N–H and O–H groups in total. The maximum absolute atomic E-state index is 11.5. The fourth-order valence-electron chi connectivity index (χ4n) is 3.08. The maximum Gasteiger partial charge on any atom is 0.294 e. The van der Waals surface area contributed by atoms with Gasteiger partial charge in [-0.05, 0) is 47.9 Å². The van der Waals surface area contributed by atoms with Gasteiger partial charge in [-0.3, -0.25) is 4.55 Å². The van der Waals surface area contributed by atoms with E-state index in [0.29, 0.717) is 21.5 Å². The average Bonchev–Trinajstić information content (AvgIpc) is 2.75. The van der Waals surface area contributed by atoms with E-state index in [0.717, 1.165) is 6.07 Å². The molecule has 169 valence electrons. The molecular formula is C22H15Cl2N3NaO5S. The van der Waals surface area contributed by atoms with Crippen molar-refractivity contribution in [3.8, 4) is 17.2 Å². The van der Waals surface area contributed by atoms with E-state index in [-0.39, 0.29) is 57.4 Å². The van der Waals surface area contributed by atoms with Crippen LogP contribution in [0.2, 0.25) is 10.0 Å². The second kappa shape index (κ2) is 10.5. The van der Waals surface area contributed by atoms with Crippen molar-refractivity contribution in [3.63, 3.8) is 0 Å². The van der Waals surface area contributed by atoms with E-state index in [1.54, 1.807) is 36.4 Å². The zero-order valence-corrected chi connectivity index (χ0v) is 21.9. The van der Waals surface area contributed by atoms with Gasteiger partial charge in [-0.15, -0.1) is 10.2 Å². The number of anilines is 1. The smallest absolute Gasteiger partial charge is 0.294 e. The average molecular weight is 527 g/mol. The number of azo groups is 1. The van der Waals surface area contributed by atoms with Crippen molar-refractivity contribution in [1.29, 1.82) is 0 Å². The van der Waals surface area contributed by atoms with Crippen molar-refractivity contribution < 1.29 is 22.8 Å². The van der Waals surface area contributed by atoms with Crippen LogP contribution in [0.15, 0.2) is 81.9 Å². The molecule has 0 aliphatic carbocycles. The molecule has 0 unspecified atom stereocenters. The van der Waals surface area contributed by atoms with Gasteiger partial charge < -0.3 is 15.6 Å². The van der Waals surface area contributed by atoms with E-state index >= 15 is 0 Å². The molecule has 0 saturated carbocycles. The summed E-state index contributed by atoms with van der Waals surface area (Å²) < 4.78 is 38.1. The number of hydrogen-bond donors (Lipinski definition) is 3. The van der Waals surface area contributed by atoms with E-state index in [1.807, 2.05) is 0 Å². The zero-order chi connectivity index (χ0) is 23.8. The fourth-order valence-corrected chi connectivity index (χ4v) is 3.95. The molecule has 0 aliphatic heterocycles. The number of ether oxygens (including phenoxy) is 1. The Balaban J connectivity index is 0.00000324. The number of phenols is 1. The molecule has 0 bridgehead atoms. The number of nitrogens with zero attached hydrogens (tertiary/aromatic N) is 2. The molecule has 0 amide bonds. The monoisotopic (exact) mass is 526 g/mol. The zero-order valence-electron chi connectivity index (χ0n) is 17.6. The molecule has 12 heteroatoms. The van der Waals surface area contributed by atoms with Crippen LogP contribution in [0.3, 0.4) is 0 Å². The second-order valence-electron chi connectivity index (χ2n) is 6.86. The Morgan fingerprint density at radius 2 is 1.65 bits per heavy atom. The number of aromatic hydroxyl groups is 1. The Kier molecular flexibility index (Phi) is 8.10. The minimum atomic E-state index is -4.53. The van der Waals surface area contributed by atoms with Gasteiger partial charge in [0.05, 0.1) is 21.0 Å². The Morgan fingerprint density at radius 3 is 2.35 bits per heavy atom. The second-order valence-corrected chi connectivity index (χ2v) is 9.13. The normalized spacial score (nSPS) is 11.5. The van der Waals surface area contributed by atoms with Gasteiger partial charge in [0.1, 0.15) is 22.9 Å². The largest absolute Gasteiger partial charge is 0.507 e. The van der Waals surface area contributed by atoms with Crippen molar-refractivity contribution >= 4 is 90.7 Å². The summed E-state index contributed by atoms with van der Waals surface area (Å²) in [5.74, 6) is 0.269. The minimum Gasteiger partial charge on any atom is -0.507 e. The third-order valence-electron chi connectivity index (χ3n) is 4.61. The van der Waals surface area contributed by atoms with Crippen LogP contribution in [0, 0.1) is 0 Å². The predicted molar refractivity (Wildman–Crippen MR) is 133 cm³/mol. The molecule has 4 rings (SSSR count). The number of rotatable bonds is 5. The Bertz CT molecular complexity index is 1530.